The van der Waals surface area contributed by atoms with E-state index in [1.54, 1.807) is 29.3 Å². The number of ether oxygens (including phenoxy) is 2. The summed E-state index contributed by atoms with van der Waals surface area (Å²) in [5, 5.41) is 6.47. The smallest absolute Gasteiger partial charge is 0.435 e. The van der Waals surface area contributed by atoms with E-state index in [-0.39, 0.29) is 16.3 Å². The number of piperidine rings is 1. The number of carbonyl (C=O) groups is 2. The number of halogens is 3. The molecule has 1 amide bonds. The quantitative estimate of drug-likeness (QED) is 0.209. The van der Waals surface area contributed by atoms with Gasteiger partial charge in [-0.1, -0.05) is 29.8 Å². The first-order valence-electron chi connectivity index (χ1n) is 13.6. The van der Waals surface area contributed by atoms with Crippen molar-refractivity contribution in [1.29, 1.82) is 0 Å². The average molecular weight is 655 g/mol. The second-order valence-corrected chi connectivity index (χ2v) is 11.9. The first-order chi connectivity index (χ1) is 21.2. The number of nitrogens with zero attached hydrogens (tertiary/aromatic N) is 5. The summed E-state index contributed by atoms with van der Waals surface area (Å²) in [5.41, 5.74) is 0.633. The number of hydrogen-bond acceptors (Lipinski definition) is 10. The number of carbonyl (C=O) groups excluding carboxylic acids is 2. The van der Waals surface area contributed by atoms with Crippen LogP contribution in [-0.4, -0.2) is 65.7 Å². The minimum atomic E-state index is -4.70. The SMILES string of the molecule is CC(=O)OC(C)On1on1N1CCC(OC(=O)NS(=O)(=O)c2ccc(-n3nc(C(F)(F)F)cc3-c3ccc(C)cc3)cc2)CC1. The number of esters is 1. The van der Waals surface area contributed by atoms with Crippen molar-refractivity contribution in [3.63, 3.8) is 0 Å². The molecule has 0 radical (unpaired) electrons. The zero-order valence-corrected chi connectivity index (χ0v) is 25.0. The number of benzene rings is 2. The predicted molar refractivity (Wildman–Crippen MR) is 149 cm³/mol. The van der Waals surface area contributed by atoms with Crippen LogP contribution in [-0.2, 0) is 30.5 Å². The Morgan fingerprint density at radius 1 is 1.07 bits per heavy atom. The molecule has 1 aliphatic heterocycles. The van der Waals surface area contributed by atoms with E-state index in [1.165, 1.54) is 30.9 Å². The molecule has 5 rings (SSSR count). The summed E-state index contributed by atoms with van der Waals surface area (Å²) in [6, 6.07) is 12.6. The zero-order valence-electron chi connectivity index (χ0n) is 24.2. The minimum Gasteiger partial charge on any atom is -0.445 e. The molecule has 4 aromatic rings. The highest BCUT2D eigenvalue weighted by Gasteiger charge is 2.35. The lowest BCUT2D eigenvalue weighted by molar-refractivity contribution is -0.178. The summed E-state index contributed by atoms with van der Waals surface area (Å²) in [7, 11) is -4.37. The lowest BCUT2D eigenvalue weighted by atomic mass is 10.1. The van der Waals surface area contributed by atoms with Gasteiger partial charge in [0.1, 0.15) is 11.1 Å². The summed E-state index contributed by atoms with van der Waals surface area (Å²) in [6.07, 6.45) is -6.64. The van der Waals surface area contributed by atoms with E-state index in [2.05, 4.69) is 5.10 Å². The van der Waals surface area contributed by atoms with Gasteiger partial charge in [-0.3, -0.25) is 9.80 Å². The van der Waals surface area contributed by atoms with Gasteiger partial charge in [0.2, 0.25) is 0 Å². The Kier molecular flexibility index (Phi) is 8.59. The van der Waals surface area contributed by atoms with Gasteiger partial charge in [-0.2, -0.15) is 22.9 Å². The van der Waals surface area contributed by atoms with E-state index in [0.29, 0.717) is 31.5 Å². The van der Waals surface area contributed by atoms with Crippen LogP contribution in [0.4, 0.5) is 18.0 Å². The lowest BCUT2D eigenvalue weighted by Crippen LogP contribution is -2.44. The van der Waals surface area contributed by atoms with Crippen molar-refractivity contribution < 1.29 is 50.1 Å². The van der Waals surface area contributed by atoms with Crippen molar-refractivity contribution in [2.45, 2.75) is 57.1 Å². The Bertz CT molecular complexity index is 1750. The summed E-state index contributed by atoms with van der Waals surface area (Å²) < 4.78 is 84.4. The van der Waals surface area contributed by atoms with Gasteiger partial charge in [0, 0.05) is 50.3 Å². The maximum atomic E-state index is 13.5. The fourth-order valence-electron chi connectivity index (χ4n) is 4.53. The van der Waals surface area contributed by atoms with Gasteiger partial charge in [-0.05, 0) is 37.3 Å². The molecule has 18 heteroatoms. The molecule has 1 fully saturated rings. The molecular formula is C27H29F3N6O8S. The molecular weight excluding hydrogens is 625 g/mol. The lowest BCUT2D eigenvalue weighted by Gasteiger charge is -2.28. The highest BCUT2D eigenvalue weighted by Crippen LogP contribution is 2.33. The highest BCUT2D eigenvalue weighted by molar-refractivity contribution is 7.90. The molecule has 242 valence electrons. The number of hydrogen-bond donors (Lipinski definition) is 1. The van der Waals surface area contributed by atoms with Crippen LogP contribution in [0.2, 0.25) is 0 Å². The van der Waals surface area contributed by atoms with Gasteiger partial charge in [-0.25, -0.2) is 22.6 Å². The van der Waals surface area contributed by atoms with Crippen LogP contribution >= 0.6 is 0 Å². The molecule has 1 aliphatic rings. The molecule has 0 saturated carbocycles. The molecule has 3 heterocycles. The molecule has 1 saturated heterocycles. The van der Waals surface area contributed by atoms with Crippen molar-refractivity contribution in [1.82, 2.24) is 24.5 Å². The van der Waals surface area contributed by atoms with E-state index in [0.717, 1.165) is 33.5 Å². The summed E-state index contributed by atoms with van der Waals surface area (Å²) >= 11 is 0. The molecule has 0 spiro atoms. The Morgan fingerprint density at radius 3 is 2.31 bits per heavy atom. The summed E-state index contributed by atoms with van der Waals surface area (Å²) in [4.78, 5) is 29.7. The topological polar surface area (TPSA) is 152 Å². The van der Waals surface area contributed by atoms with Crippen molar-refractivity contribution >= 4 is 22.1 Å². The van der Waals surface area contributed by atoms with Crippen LogP contribution in [0.25, 0.3) is 16.9 Å². The average Bonchev–Trinajstić information content (AvgIpc) is 3.56. The number of aryl methyl sites for hydroxylation is 1. The molecule has 1 N–H and O–H groups in total. The van der Waals surface area contributed by atoms with Crippen LogP contribution < -0.4 is 14.6 Å². The second-order valence-electron chi connectivity index (χ2n) is 10.2. The largest absolute Gasteiger partial charge is 0.445 e. The van der Waals surface area contributed by atoms with Crippen LogP contribution in [0, 0.1) is 6.92 Å². The summed E-state index contributed by atoms with van der Waals surface area (Å²) in [5.74, 6) is -0.518. The number of amides is 1. The maximum absolute atomic E-state index is 13.5. The van der Waals surface area contributed by atoms with E-state index in [1.807, 2.05) is 11.6 Å². The Morgan fingerprint density at radius 2 is 1.71 bits per heavy atom. The van der Waals surface area contributed by atoms with Gasteiger partial charge < -0.3 is 14.3 Å². The Balaban J connectivity index is 1.19. The molecule has 0 aliphatic carbocycles. The molecule has 1 atom stereocenters. The summed E-state index contributed by atoms with van der Waals surface area (Å²) in [6.45, 7) is 5.35. The number of rotatable bonds is 9. The Labute approximate surface area is 254 Å². The third kappa shape index (κ3) is 7.62. The zero-order chi connectivity index (χ0) is 32.5. The molecule has 45 heavy (non-hydrogen) atoms. The van der Waals surface area contributed by atoms with Gasteiger partial charge in [0.15, 0.2) is 5.69 Å². The van der Waals surface area contributed by atoms with Crippen molar-refractivity contribution in [3.05, 3.63) is 65.9 Å². The molecule has 2 aromatic heterocycles. The van der Waals surface area contributed by atoms with Crippen LogP contribution in [0.5, 0.6) is 0 Å². The Hall–Kier alpha value is -4.87. The van der Waals surface area contributed by atoms with E-state index >= 15 is 0 Å². The van der Waals surface area contributed by atoms with Crippen LogP contribution in [0.1, 0.15) is 37.9 Å². The minimum absolute atomic E-state index is 0.160. The molecule has 1 unspecified atom stereocenters. The van der Waals surface area contributed by atoms with Gasteiger partial charge in [0.25, 0.3) is 16.3 Å². The van der Waals surface area contributed by atoms with Gasteiger partial charge in [0.05, 0.1) is 16.3 Å². The third-order valence-electron chi connectivity index (χ3n) is 6.72. The number of sulfonamides is 1. The maximum Gasteiger partial charge on any atom is 0.435 e. The third-order valence-corrected chi connectivity index (χ3v) is 8.05. The standard InChI is InChI=1S/C27H29F3N6O8S/c1-17-4-6-20(7-5-17)24-16-25(27(28,29)30)31-34(24)21-8-10-23(11-9-21)45(39,40)32-26(38)42-22-12-14-33(15-13-22)35-36(44-35)43-19(3)41-18(2)37/h4-11,16,19,22H,12-15H2,1-3H3,(H,32,38). The number of aromatic nitrogens is 4. The van der Waals surface area contributed by atoms with Crippen LogP contribution in [0.3, 0.4) is 0 Å². The number of alkyl halides is 3. The van der Waals surface area contributed by atoms with Crippen molar-refractivity contribution in [3.8, 4) is 16.9 Å². The fourth-order valence-corrected chi connectivity index (χ4v) is 5.41. The molecule has 0 bridgehead atoms. The van der Waals surface area contributed by atoms with E-state index < -0.39 is 46.4 Å². The predicted octanol–water partition coefficient (Wildman–Crippen LogP) is 3.62. The van der Waals surface area contributed by atoms with Crippen molar-refractivity contribution in [2.24, 2.45) is 0 Å². The van der Waals surface area contributed by atoms with Gasteiger partial charge in [-0.15, -0.1) is 0 Å². The molecule has 14 nitrogen and oxygen atoms in total. The van der Waals surface area contributed by atoms with E-state index in [9.17, 15) is 31.2 Å². The number of nitrogens with one attached hydrogen (secondary N) is 1. The van der Waals surface area contributed by atoms with Crippen molar-refractivity contribution in [2.75, 3.05) is 18.1 Å². The van der Waals surface area contributed by atoms with E-state index in [4.69, 9.17) is 18.9 Å². The second kappa shape index (κ2) is 12.3. The highest BCUT2D eigenvalue weighted by atomic mass is 32.2. The van der Waals surface area contributed by atoms with Gasteiger partial charge >= 0.3 is 18.2 Å². The first kappa shape index (κ1) is 31.6. The monoisotopic (exact) mass is 654 g/mol. The van der Waals surface area contributed by atoms with Crippen LogP contribution in [0.15, 0.2) is 64.1 Å². The first-order valence-corrected chi connectivity index (χ1v) is 15.1. The fraction of sp³-hybridized carbons (Fsp3) is 0.370. The normalized spacial score (nSPS) is 15.1. The molecule has 2 aromatic carbocycles.